The fourth-order valence-electron chi connectivity index (χ4n) is 16.9. The summed E-state index contributed by atoms with van der Waals surface area (Å²) in [5, 5.41) is 75.0. The van der Waals surface area contributed by atoms with Crippen molar-refractivity contribution in [1.82, 2.24) is 88.5 Å². The molecule has 15 atom stereocenters. The van der Waals surface area contributed by atoms with E-state index < -0.39 is 242 Å². The molecule has 3 saturated heterocycles. The van der Waals surface area contributed by atoms with Crippen LogP contribution in [0.15, 0.2) is 140 Å². The molecule has 3 aliphatic rings. The Morgan fingerprint density at radius 1 is 0.460 bits per heavy atom. The molecule has 41 heteroatoms. The number of nitrogens with two attached hydrogens (primary N) is 2. The number of benzene rings is 5. The van der Waals surface area contributed by atoms with Crippen LogP contribution in [0, 0.1) is 11.8 Å². The molecule has 17 amide bonds. The van der Waals surface area contributed by atoms with Crippen molar-refractivity contribution >= 4 is 128 Å². The van der Waals surface area contributed by atoms with Crippen molar-refractivity contribution in [3.63, 3.8) is 0 Å². The third-order valence-electron chi connectivity index (χ3n) is 24.2. The van der Waals surface area contributed by atoms with Gasteiger partial charge in [0.1, 0.15) is 90.0 Å². The number of carbonyl (C=O) groups excluding carboxylic acids is 17. The zero-order chi connectivity index (χ0) is 99.6. The van der Waals surface area contributed by atoms with E-state index in [0.29, 0.717) is 49.8 Å². The lowest BCUT2D eigenvalue weighted by Gasteiger charge is -2.38. The summed E-state index contributed by atoms with van der Waals surface area (Å²) in [6.45, 7) is 10.3. The number of rotatable bonds is 48. The van der Waals surface area contributed by atoms with Crippen LogP contribution in [-0.4, -0.2) is 268 Å². The lowest BCUT2D eigenvalue weighted by molar-refractivity contribution is -0.156. The molecule has 5 aromatic carbocycles. The van der Waals surface area contributed by atoms with Crippen LogP contribution in [0.3, 0.4) is 0 Å². The number of carboxylic acids is 1. The predicted molar refractivity (Wildman–Crippen MR) is 498 cm³/mol. The van der Waals surface area contributed by atoms with Crippen LogP contribution in [0.1, 0.15) is 147 Å². The number of phenols is 2. The second-order valence-corrected chi connectivity index (χ2v) is 35.8. The van der Waals surface area contributed by atoms with Crippen molar-refractivity contribution in [2.45, 2.75) is 242 Å². The zero-order valence-electron chi connectivity index (χ0n) is 77.4. The number of imide groups is 1. The van der Waals surface area contributed by atoms with Crippen LogP contribution < -0.4 is 75.3 Å². The molecule has 41 nitrogen and oxygen atoms in total. The number of amides is 17. The second-order valence-electron chi connectivity index (χ2n) is 35.8. The van der Waals surface area contributed by atoms with E-state index in [4.69, 9.17) is 11.5 Å². The van der Waals surface area contributed by atoms with Gasteiger partial charge in [-0.3, -0.25) is 91.2 Å². The number of carbonyl (C=O) groups is 18. The Morgan fingerprint density at radius 3 is 1.42 bits per heavy atom. The minimum atomic E-state index is -1.97. The Hall–Kier alpha value is -14.6. The number of aromatic nitrogens is 2. The number of aliphatic hydroxyl groups excluding tert-OH is 1. The SMILES string of the molecule is CC(=O)NC(Cc1ccccc1)C(=O)NC(CCC(=O)O)C(=O)NC(Cc1c[nH]c2ccccc12)C(=O)NC(C(=O)N1CCCC1C(=O)NCC(=O)NC(Cc1c[nH]c2ccccc12)C(=O)NC(Cc1ccc(O)cc1)C(=O)NC(CCC(N)=O)C(=O)N(C(=O)C1CCN1)C(Cc1ccc(O)cc1)C(=O)NC(C)C(=O)NC(CC(C)C)C(=O)N1CCCC1C(=O)NC(CC(C)C)C(N)=O)C(C)O. The topological polar surface area (TPSA) is 626 Å². The molecule has 3 aliphatic heterocycles. The Bertz CT molecular complexity index is 5530. The molecule has 137 heavy (non-hydrogen) atoms. The lowest BCUT2D eigenvalue weighted by atomic mass is 9.97. The minimum absolute atomic E-state index is 0.0116. The maximum absolute atomic E-state index is 15.9. The monoisotopic (exact) mass is 1890 g/mol. The van der Waals surface area contributed by atoms with Gasteiger partial charge in [0.2, 0.25) is 94.5 Å². The molecule has 0 spiro atoms. The van der Waals surface area contributed by atoms with Crippen molar-refractivity contribution in [2.75, 3.05) is 26.2 Å². The number of aromatic hydroxyl groups is 2. The number of aliphatic hydroxyl groups is 1. The number of nitrogens with one attached hydrogen (secondary N) is 14. The summed E-state index contributed by atoms with van der Waals surface area (Å²) in [7, 11) is 0. The normalized spacial score (nSPS) is 17.2. The Balaban J connectivity index is 0.879. The molecule has 734 valence electrons. The molecule has 0 saturated carbocycles. The van der Waals surface area contributed by atoms with Gasteiger partial charge in [0.05, 0.1) is 18.7 Å². The van der Waals surface area contributed by atoms with E-state index in [0.717, 1.165) is 4.90 Å². The first-order chi connectivity index (χ1) is 65.2. The highest BCUT2D eigenvalue weighted by molar-refractivity contribution is 6.07. The maximum Gasteiger partial charge on any atom is 0.303 e. The number of hydrogen-bond acceptors (Lipinski definition) is 22. The molecule has 22 N–H and O–H groups in total. The highest BCUT2D eigenvalue weighted by Gasteiger charge is 2.47. The van der Waals surface area contributed by atoms with Crippen LogP contribution in [0.5, 0.6) is 11.5 Å². The number of H-pyrrole nitrogens is 2. The van der Waals surface area contributed by atoms with E-state index in [2.05, 4.69) is 73.8 Å². The van der Waals surface area contributed by atoms with Crippen LogP contribution >= 0.6 is 0 Å². The van der Waals surface area contributed by atoms with Crippen molar-refractivity contribution < 1.29 is 107 Å². The highest BCUT2D eigenvalue weighted by atomic mass is 16.4. The molecule has 2 aromatic heterocycles. The number of aromatic amines is 2. The van der Waals surface area contributed by atoms with E-state index >= 15 is 24.0 Å². The molecule has 10 rings (SSSR count). The molecule has 0 aliphatic carbocycles. The van der Waals surface area contributed by atoms with E-state index in [-0.39, 0.29) is 112 Å². The molecular weight excluding hydrogens is 1770 g/mol. The third-order valence-corrected chi connectivity index (χ3v) is 24.2. The van der Waals surface area contributed by atoms with Gasteiger partial charge in [-0.2, -0.15) is 0 Å². The van der Waals surface area contributed by atoms with Gasteiger partial charge in [-0.05, 0) is 154 Å². The Kier molecular flexibility index (Phi) is 37.4. The van der Waals surface area contributed by atoms with E-state index in [9.17, 15) is 82.8 Å². The summed E-state index contributed by atoms with van der Waals surface area (Å²) < 4.78 is 0. The number of hydrogen-bond donors (Lipinski definition) is 20. The molecule has 7 aromatic rings. The second kappa shape index (κ2) is 49.0. The van der Waals surface area contributed by atoms with Crippen molar-refractivity contribution in [3.8, 4) is 11.5 Å². The number of para-hydroxylation sites is 2. The molecular formula is C96H123N19O22. The summed E-state index contributed by atoms with van der Waals surface area (Å²) in [6, 6.07) is 12.2. The first kappa shape index (κ1) is 104. The molecule has 3 fully saturated rings. The maximum atomic E-state index is 15.9. The average Bonchev–Trinajstić information content (AvgIpc) is 1.78. The van der Waals surface area contributed by atoms with Gasteiger partial charge in [-0.1, -0.05) is 119 Å². The Labute approximate surface area is 790 Å². The quantitative estimate of drug-likeness (QED) is 0.0233. The van der Waals surface area contributed by atoms with Crippen LogP contribution in [0.4, 0.5) is 0 Å². The Morgan fingerprint density at radius 2 is 0.912 bits per heavy atom. The van der Waals surface area contributed by atoms with E-state index in [1.165, 1.54) is 74.2 Å². The summed E-state index contributed by atoms with van der Waals surface area (Å²) in [4.78, 5) is 267. The van der Waals surface area contributed by atoms with Crippen molar-refractivity contribution in [3.05, 3.63) is 168 Å². The van der Waals surface area contributed by atoms with Gasteiger partial charge in [0.15, 0.2) is 0 Å². The van der Waals surface area contributed by atoms with Crippen LogP contribution in [0.25, 0.3) is 21.8 Å². The summed E-state index contributed by atoms with van der Waals surface area (Å²) in [5.41, 5.74) is 14.8. The molecule has 15 unspecified atom stereocenters. The smallest absolute Gasteiger partial charge is 0.303 e. The van der Waals surface area contributed by atoms with Crippen LogP contribution in [-0.2, 0) is 118 Å². The fourth-order valence-corrected chi connectivity index (χ4v) is 16.9. The van der Waals surface area contributed by atoms with Gasteiger partial charge < -0.3 is 115 Å². The van der Waals surface area contributed by atoms with Gasteiger partial charge in [0.25, 0.3) is 5.91 Å². The number of aliphatic carboxylic acids is 1. The number of phenolic OH excluding ortho intramolecular Hbond substituents is 2. The summed E-state index contributed by atoms with van der Waals surface area (Å²) in [6.07, 6.45) is -1.38. The van der Waals surface area contributed by atoms with Gasteiger partial charge in [0, 0.05) is 99.2 Å². The molecule has 0 radical (unpaired) electrons. The summed E-state index contributed by atoms with van der Waals surface area (Å²) >= 11 is 0. The first-order valence-electron chi connectivity index (χ1n) is 45.9. The van der Waals surface area contributed by atoms with Crippen molar-refractivity contribution in [1.29, 1.82) is 0 Å². The largest absolute Gasteiger partial charge is 0.508 e. The number of fused-ring (bicyclic) bond motifs is 2. The number of primary amides is 2. The minimum Gasteiger partial charge on any atom is -0.508 e. The van der Waals surface area contributed by atoms with Gasteiger partial charge in [-0.25, -0.2) is 0 Å². The summed E-state index contributed by atoms with van der Waals surface area (Å²) in [5.74, 6) is -18.0. The average molecular weight is 1900 g/mol. The van der Waals surface area contributed by atoms with Gasteiger partial charge >= 0.3 is 5.97 Å². The fraction of sp³-hybridized carbons (Fsp3) is 0.458. The van der Waals surface area contributed by atoms with E-state index in [1.807, 2.05) is 13.8 Å². The van der Waals surface area contributed by atoms with Crippen molar-refractivity contribution in [2.24, 2.45) is 23.3 Å². The first-order valence-corrected chi connectivity index (χ1v) is 45.9. The number of nitrogens with zero attached hydrogens (tertiary/aromatic N) is 3. The standard InChI is InChI=1S/C96H123N19O22/c1-51(2)41-70(83(98)124)108-91(132)77-24-16-39-113(77)93(134)75(42-52(3)4)111-84(125)53(5)103-92(133)78(45-58-27-31-62(119)32-28-58)115(94(135)68-37-38-99-68)95(136)69(33-35-79(97)120)107-87(128)72(44-57-25-29-61(118)30-26-57)109-88(129)73(46-59-48-100-65-21-13-11-19-63(59)65)105-80(121)50-102-90(131)76-23-15-40-114(76)96(137)82(54(6)116)112-89(130)74(47-60-49-101-66-22-14-12-20-64(60)66)110-85(126)67(34-36-81(122)123)106-86(127)71(104-55(7)117)43-56-17-9-8-10-18-56/h8-14,17-22,25-32,48-49,51-54,67-78,82,99-101,116,118-119H,15-16,23-24,33-47,50H2,1-7H3,(H2,97,120)(H2,98,124)(H,102,131)(H,103,133)(H,104,117)(H,105,121)(H,106,127)(H,107,128)(H,108,132)(H,109,129)(H,110,126)(H,111,125)(H,112,130)(H,122,123). The molecule has 0 bridgehead atoms. The third kappa shape index (κ3) is 29.4. The molecule has 5 heterocycles. The zero-order valence-corrected chi connectivity index (χ0v) is 77.4. The highest BCUT2D eigenvalue weighted by Crippen LogP contribution is 2.28. The number of carboxylic acid groups (broad SMARTS) is 1. The van der Waals surface area contributed by atoms with Crippen LogP contribution in [0.2, 0.25) is 0 Å². The van der Waals surface area contributed by atoms with E-state index in [1.54, 1.807) is 105 Å². The van der Waals surface area contributed by atoms with Gasteiger partial charge in [-0.15, -0.1) is 0 Å². The predicted octanol–water partition coefficient (Wildman–Crippen LogP) is -0.266. The lowest BCUT2D eigenvalue weighted by Crippen LogP contribution is -2.66. The number of likely N-dealkylation sites (tertiary alicyclic amines) is 2.